The van der Waals surface area contributed by atoms with Crippen LogP contribution in [0.5, 0.6) is 0 Å². The van der Waals surface area contributed by atoms with Crippen LogP contribution in [0.3, 0.4) is 0 Å². The van der Waals surface area contributed by atoms with Gasteiger partial charge >= 0.3 is 11.9 Å². The van der Waals surface area contributed by atoms with Gasteiger partial charge in [0.15, 0.2) is 0 Å². The van der Waals surface area contributed by atoms with Gasteiger partial charge in [0.25, 0.3) is 0 Å². The molecule has 0 fully saturated rings. The lowest BCUT2D eigenvalue weighted by molar-refractivity contribution is -0.140. The van der Waals surface area contributed by atoms with Gasteiger partial charge in [0.05, 0.1) is 26.4 Å². The topological polar surface area (TPSA) is 65.1 Å². The largest absolute Gasteiger partial charge is 0.466 e. The first-order chi connectivity index (χ1) is 13.0. The highest BCUT2D eigenvalue weighted by molar-refractivity contribution is 9.10. The standard InChI is InChI=1S/C20H18BrNO5/c1-25-19(23)17-11-27-12-22(18(17)20(24)26-2)16-9-5-14(6-10-16)13-3-7-15(21)8-4-13/h3-10H,11-12H2,1-2H3. The Balaban J connectivity index is 1.97. The second-order valence-electron chi connectivity index (χ2n) is 5.77. The molecule has 6 nitrogen and oxygen atoms in total. The fraction of sp³-hybridized carbons (Fsp3) is 0.200. The van der Waals surface area contributed by atoms with Crippen molar-refractivity contribution < 1.29 is 23.8 Å². The van der Waals surface area contributed by atoms with Crippen LogP contribution >= 0.6 is 15.9 Å². The van der Waals surface area contributed by atoms with E-state index in [1.807, 2.05) is 48.5 Å². The molecule has 0 bridgehead atoms. The molecule has 0 N–H and O–H groups in total. The number of hydrogen-bond donors (Lipinski definition) is 0. The average molecular weight is 432 g/mol. The van der Waals surface area contributed by atoms with Crippen molar-refractivity contribution in [1.29, 1.82) is 0 Å². The molecule has 0 atom stereocenters. The summed E-state index contributed by atoms with van der Waals surface area (Å²) < 4.78 is 16.1. The molecule has 7 heteroatoms. The van der Waals surface area contributed by atoms with E-state index in [0.29, 0.717) is 5.69 Å². The summed E-state index contributed by atoms with van der Waals surface area (Å²) in [6.45, 7) is 0.118. The van der Waals surface area contributed by atoms with Gasteiger partial charge in [0.1, 0.15) is 12.4 Å². The number of halogens is 1. The second kappa shape index (κ2) is 8.37. The van der Waals surface area contributed by atoms with Gasteiger partial charge in [-0.15, -0.1) is 0 Å². The van der Waals surface area contributed by atoms with E-state index in [1.54, 1.807) is 4.90 Å². The number of benzene rings is 2. The summed E-state index contributed by atoms with van der Waals surface area (Å²) in [5.74, 6) is -1.23. The SMILES string of the molecule is COC(=O)C1=C(C(=O)OC)N(c2ccc(-c3ccc(Br)cc3)cc2)COC1. The molecule has 0 saturated heterocycles. The molecule has 0 aromatic heterocycles. The van der Waals surface area contributed by atoms with Crippen LogP contribution in [0.4, 0.5) is 5.69 Å². The van der Waals surface area contributed by atoms with Crippen LogP contribution in [-0.2, 0) is 23.8 Å². The Labute approximate surface area is 165 Å². The number of carbonyl (C=O) groups excluding carboxylic acids is 2. The van der Waals surface area contributed by atoms with E-state index in [4.69, 9.17) is 14.2 Å². The van der Waals surface area contributed by atoms with Gasteiger partial charge in [-0.2, -0.15) is 0 Å². The smallest absolute Gasteiger partial charge is 0.355 e. The van der Waals surface area contributed by atoms with Crippen LogP contribution in [0.1, 0.15) is 0 Å². The molecule has 1 aliphatic rings. The summed E-state index contributed by atoms with van der Waals surface area (Å²) in [6, 6.07) is 15.6. The van der Waals surface area contributed by atoms with Crippen molar-refractivity contribution >= 4 is 33.6 Å². The molecular weight excluding hydrogens is 414 g/mol. The molecule has 0 radical (unpaired) electrons. The summed E-state index contributed by atoms with van der Waals surface area (Å²) in [7, 11) is 2.53. The molecule has 1 heterocycles. The summed E-state index contributed by atoms with van der Waals surface area (Å²) in [5.41, 5.74) is 3.07. The molecule has 0 spiro atoms. The Morgan fingerprint density at radius 1 is 0.926 bits per heavy atom. The fourth-order valence-corrected chi connectivity index (χ4v) is 3.09. The van der Waals surface area contributed by atoms with Crippen molar-refractivity contribution in [1.82, 2.24) is 0 Å². The van der Waals surface area contributed by atoms with Crippen molar-refractivity contribution in [3.8, 4) is 11.1 Å². The number of ether oxygens (including phenoxy) is 3. The summed E-state index contributed by atoms with van der Waals surface area (Å²) in [5, 5.41) is 0. The molecule has 3 rings (SSSR count). The van der Waals surface area contributed by atoms with Crippen LogP contribution in [0, 0.1) is 0 Å². The maximum absolute atomic E-state index is 12.3. The molecular formula is C20H18BrNO5. The summed E-state index contributed by atoms with van der Waals surface area (Å²) in [4.78, 5) is 26.0. The van der Waals surface area contributed by atoms with Crippen molar-refractivity contribution in [2.45, 2.75) is 0 Å². The second-order valence-corrected chi connectivity index (χ2v) is 6.69. The first kappa shape index (κ1) is 19.1. The number of esters is 2. The van der Waals surface area contributed by atoms with Crippen LogP contribution in [0.15, 0.2) is 64.3 Å². The lowest BCUT2D eigenvalue weighted by atomic mass is 10.0. The molecule has 140 valence electrons. The molecule has 0 unspecified atom stereocenters. The molecule has 27 heavy (non-hydrogen) atoms. The number of nitrogens with zero attached hydrogens (tertiary/aromatic N) is 1. The molecule has 1 aliphatic heterocycles. The molecule has 0 amide bonds. The van der Waals surface area contributed by atoms with Crippen molar-refractivity contribution in [2.24, 2.45) is 0 Å². The van der Waals surface area contributed by atoms with Crippen LogP contribution in [0.25, 0.3) is 11.1 Å². The van der Waals surface area contributed by atoms with Crippen molar-refractivity contribution in [3.05, 3.63) is 64.3 Å². The summed E-state index contributed by atoms with van der Waals surface area (Å²) >= 11 is 3.42. The third-order valence-electron chi connectivity index (χ3n) is 4.19. The van der Waals surface area contributed by atoms with E-state index < -0.39 is 11.9 Å². The monoisotopic (exact) mass is 431 g/mol. The van der Waals surface area contributed by atoms with E-state index in [-0.39, 0.29) is 24.6 Å². The number of carbonyl (C=O) groups is 2. The number of rotatable bonds is 4. The number of hydrogen-bond acceptors (Lipinski definition) is 6. The van der Waals surface area contributed by atoms with E-state index in [0.717, 1.165) is 15.6 Å². The van der Waals surface area contributed by atoms with Gasteiger partial charge in [0, 0.05) is 10.2 Å². The maximum atomic E-state index is 12.3. The lowest BCUT2D eigenvalue weighted by Crippen LogP contribution is -2.38. The maximum Gasteiger partial charge on any atom is 0.355 e. The average Bonchev–Trinajstić information content (AvgIpc) is 2.72. The minimum absolute atomic E-state index is 0.00934. The Bertz CT molecular complexity index is 874. The molecule has 2 aromatic rings. The molecule has 0 saturated carbocycles. The van der Waals surface area contributed by atoms with E-state index in [2.05, 4.69) is 15.9 Å². The van der Waals surface area contributed by atoms with Gasteiger partial charge in [-0.05, 0) is 35.4 Å². The quantitative estimate of drug-likeness (QED) is 0.690. The van der Waals surface area contributed by atoms with Crippen LogP contribution < -0.4 is 4.90 Å². The van der Waals surface area contributed by atoms with Gasteiger partial charge in [-0.25, -0.2) is 9.59 Å². The van der Waals surface area contributed by atoms with Gasteiger partial charge in [0.2, 0.25) is 0 Å². The Morgan fingerprint density at radius 3 is 2.04 bits per heavy atom. The van der Waals surface area contributed by atoms with Gasteiger partial charge < -0.3 is 19.1 Å². The van der Waals surface area contributed by atoms with Crippen molar-refractivity contribution in [2.75, 3.05) is 32.5 Å². The highest BCUT2D eigenvalue weighted by Crippen LogP contribution is 2.29. The summed E-state index contributed by atoms with van der Waals surface area (Å²) in [6.07, 6.45) is 0. The first-order valence-corrected chi connectivity index (χ1v) is 8.95. The Morgan fingerprint density at radius 2 is 1.48 bits per heavy atom. The van der Waals surface area contributed by atoms with E-state index in [1.165, 1.54) is 14.2 Å². The van der Waals surface area contributed by atoms with E-state index >= 15 is 0 Å². The normalized spacial score (nSPS) is 14.1. The zero-order valence-electron chi connectivity index (χ0n) is 14.9. The first-order valence-electron chi connectivity index (χ1n) is 8.16. The van der Waals surface area contributed by atoms with E-state index in [9.17, 15) is 9.59 Å². The Hall–Kier alpha value is -2.64. The zero-order valence-corrected chi connectivity index (χ0v) is 16.5. The third kappa shape index (κ3) is 4.04. The lowest BCUT2D eigenvalue weighted by Gasteiger charge is -2.31. The fourth-order valence-electron chi connectivity index (χ4n) is 2.82. The highest BCUT2D eigenvalue weighted by Gasteiger charge is 2.32. The molecule has 2 aromatic carbocycles. The number of methoxy groups -OCH3 is 2. The minimum Gasteiger partial charge on any atom is -0.466 e. The highest BCUT2D eigenvalue weighted by atomic mass is 79.9. The minimum atomic E-state index is -0.619. The molecule has 0 aliphatic carbocycles. The van der Waals surface area contributed by atoms with Crippen LogP contribution in [0.2, 0.25) is 0 Å². The zero-order chi connectivity index (χ0) is 19.4. The Kier molecular flexibility index (Phi) is 5.93. The van der Waals surface area contributed by atoms with Crippen LogP contribution in [-0.4, -0.2) is 39.5 Å². The third-order valence-corrected chi connectivity index (χ3v) is 4.72. The predicted molar refractivity (Wildman–Crippen MR) is 104 cm³/mol. The van der Waals surface area contributed by atoms with Gasteiger partial charge in [-0.1, -0.05) is 40.2 Å². The van der Waals surface area contributed by atoms with Crippen molar-refractivity contribution in [3.63, 3.8) is 0 Å². The van der Waals surface area contributed by atoms with Gasteiger partial charge in [-0.3, -0.25) is 0 Å². The predicted octanol–water partition coefficient (Wildman–Crippen LogP) is 3.51. The number of anilines is 1.